The molecule has 0 saturated carbocycles. The highest BCUT2D eigenvalue weighted by Crippen LogP contribution is 2.40. The van der Waals surface area contributed by atoms with Crippen LogP contribution in [0.15, 0.2) is 12.1 Å². The van der Waals surface area contributed by atoms with Gasteiger partial charge in [-0.1, -0.05) is 129 Å². The van der Waals surface area contributed by atoms with Gasteiger partial charge in [0.15, 0.2) is 22.9 Å². The Balaban J connectivity index is 2.00. The average Bonchev–Trinajstić information content (AvgIpc) is 2.97. The fourth-order valence-corrected chi connectivity index (χ4v) is 5.23. The molecule has 0 radical (unpaired) electrons. The van der Waals surface area contributed by atoms with Crippen LogP contribution >= 0.6 is 0 Å². The van der Waals surface area contributed by atoms with Gasteiger partial charge in [-0.3, -0.25) is 0 Å². The third-order valence-corrected chi connectivity index (χ3v) is 7.78. The average molecular weight is 635 g/mol. The summed E-state index contributed by atoms with van der Waals surface area (Å²) in [5.74, 6) is 0.338. The second-order valence-electron chi connectivity index (χ2n) is 11.8. The molecule has 4 nitrogen and oxygen atoms in total. The van der Waals surface area contributed by atoms with Crippen LogP contribution in [0.3, 0.4) is 0 Å². The summed E-state index contributed by atoms with van der Waals surface area (Å²) in [6.07, 6.45) is 12.2. The van der Waals surface area contributed by atoms with Crippen LogP contribution in [0.1, 0.15) is 154 Å². The van der Waals surface area contributed by atoms with E-state index in [9.17, 15) is 26.3 Å². The van der Waals surface area contributed by atoms with Gasteiger partial charge in [0.25, 0.3) is 0 Å². The van der Waals surface area contributed by atoms with Crippen molar-refractivity contribution in [1.29, 1.82) is 0 Å². The van der Waals surface area contributed by atoms with Crippen molar-refractivity contribution in [3.8, 4) is 11.5 Å². The van der Waals surface area contributed by atoms with Crippen molar-refractivity contribution in [3.63, 3.8) is 0 Å². The number of alkyl halides is 6. The Morgan fingerprint density at radius 1 is 0.455 bits per heavy atom. The summed E-state index contributed by atoms with van der Waals surface area (Å²) >= 11 is 0. The van der Waals surface area contributed by atoms with E-state index in [0.29, 0.717) is 13.2 Å². The highest BCUT2D eigenvalue weighted by atomic mass is 19.4. The van der Waals surface area contributed by atoms with Crippen molar-refractivity contribution in [2.75, 3.05) is 13.2 Å². The molecular weight excluding hydrogens is 582 g/mol. The highest BCUT2D eigenvalue weighted by molar-refractivity contribution is 5.79. The SMILES string of the molecule is CCCCCCCCCCCCOc1cc2nc(C(F)(F)F)c(C(F)(F)F)nc2cc1OCCCCCCCCCCCC. The van der Waals surface area contributed by atoms with Crippen LogP contribution in [0.4, 0.5) is 26.3 Å². The van der Waals surface area contributed by atoms with Gasteiger partial charge < -0.3 is 9.47 Å². The summed E-state index contributed by atoms with van der Waals surface area (Å²) in [4.78, 5) is 6.68. The number of unbranched alkanes of at least 4 members (excludes halogenated alkanes) is 18. The van der Waals surface area contributed by atoms with Crippen LogP contribution in [0.2, 0.25) is 0 Å². The third kappa shape index (κ3) is 14.7. The van der Waals surface area contributed by atoms with Crippen LogP contribution in [-0.4, -0.2) is 23.2 Å². The van der Waals surface area contributed by atoms with Gasteiger partial charge in [-0.2, -0.15) is 26.3 Å². The first-order valence-corrected chi connectivity index (χ1v) is 16.8. The second kappa shape index (κ2) is 20.7. The van der Waals surface area contributed by atoms with Crippen molar-refractivity contribution >= 4 is 11.0 Å². The van der Waals surface area contributed by atoms with E-state index in [1.165, 1.54) is 89.2 Å². The van der Waals surface area contributed by atoms with E-state index >= 15 is 0 Å². The molecule has 0 aliphatic rings. The lowest BCUT2D eigenvalue weighted by Crippen LogP contribution is -2.20. The molecule has 10 heteroatoms. The lowest BCUT2D eigenvalue weighted by molar-refractivity contribution is -0.167. The fraction of sp³-hybridized carbons (Fsp3) is 0.765. The van der Waals surface area contributed by atoms with Gasteiger partial charge in [-0.25, -0.2) is 9.97 Å². The monoisotopic (exact) mass is 634 g/mol. The van der Waals surface area contributed by atoms with E-state index in [4.69, 9.17) is 9.47 Å². The fourth-order valence-electron chi connectivity index (χ4n) is 5.23. The van der Waals surface area contributed by atoms with Gasteiger partial charge in [0.2, 0.25) is 0 Å². The number of aromatic nitrogens is 2. The predicted octanol–water partition coefficient (Wildman–Crippen LogP) is 12.3. The molecule has 0 spiro atoms. The minimum atomic E-state index is -5.31. The summed E-state index contributed by atoms with van der Waals surface area (Å²) < 4.78 is 92.6. The molecule has 252 valence electrons. The maximum absolute atomic E-state index is 13.5. The molecule has 0 aliphatic carbocycles. The molecule has 1 heterocycles. The number of benzene rings is 1. The second-order valence-corrected chi connectivity index (χ2v) is 11.8. The molecule has 2 aromatic rings. The van der Waals surface area contributed by atoms with E-state index < -0.39 is 23.7 Å². The first kappa shape index (κ1) is 37.9. The number of rotatable bonds is 24. The molecule has 0 fully saturated rings. The molecular formula is C34H52F6N2O2. The van der Waals surface area contributed by atoms with E-state index in [1.807, 2.05) is 0 Å². The number of nitrogens with zero attached hydrogens (tertiary/aromatic N) is 2. The van der Waals surface area contributed by atoms with Gasteiger partial charge in [0.1, 0.15) is 0 Å². The molecule has 44 heavy (non-hydrogen) atoms. The van der Waals surface area contributed by atoms with Crippen LogP contribution in [0, 0.1) is 0 Å². The summed E-state index contributed by atoms with van der Waals surface area (Å²) in [5, 5.41) is 0. The Hall–Kier alpha value is -2.26. The Morgan fingerprint density at radius 2 is 0.727 bits per heavy atom. The highest BCUT2D eigenvalue weighted by Gasteiger charge is 2.46. The number of hydrogen-bond donors (Lipinski definition) is 0. The van der Waals surface area contributed by atoms with E-state index in [0.717, 1.165) is 51.4 Å². The minimum absolute atomic E-state index is 0.169. The number of halogens is 6. The molecule has 0 atom stereocenters. The van der Waals surface area contributed by atoms with Gasteiger partial charge in [0.05, 0.1) is 24.2 Å². The molecule has 0 saturated heterocycles. The summed E-state index contributed by atoms with van der Waals surface area (Å²) in [6.45, 7) is 5.03. The molecule has 0 aliphatic heterocycles. The van der Waals surface area contributed by atoms with Crippen LogP contribution in [0.25, 0.3) is 11.0 Å². The normalized spacial score (nSPS) is 12.3. The first-order valence-electron chi connectivity index (χ1n) is 16.8. The van der Waals surface area contributed by atoms with Crippen molar-refractivity contribution < 1.29 is 35.8 Å². The van der Waals surface area contributed by atoms with Gasteiger partial charge in [0, 0.05) is 12.1 Å². The maximum atomic E-state index is 13.5. The quantitative estimate of drug-likeness (QED) is 0.0851. The summed E-state index contributed by atoms with van der Waals surface area (Å²) in [6, 6.07) is 2.42. The van der Waals surface area contributed by atoms with Gasteiger partial charge >= 0.3 is 12.4 Å². The van der Waals surface area contributed by atoms with Gasteiger partial charge in [-0.05, 0) is 12.8 Å². The molecule has 0 bridgehead atoms. The molecule has 1 aromatic carbocycles. The maximum Gasteiger partial charge on any atom is 0.435 e. The van der Waals surface area contributed by atoms with Crippen molar-refractivity contribution in [2.45, 2.75) is 155 Å². The summed E-state index contributed by atoms with van der Waals surface area (Å²) in [7, 11) is 0. The number of hydrogen-bond acceptors (Lipinski definition) is 4. The third-order valence-electron chi connectivity index (χ3n) is 7.78. The zero-order chi connectivity index (χ0) is 32.3. The van der Waals surface area contributed by atoms with Gasteiger partial charge in [-0.15, -0.1) is 0 Å². The minimum Gasteiger partial charge on any atom is -0.490 e. The predicted molar refractivity (Wildman–Crippen MR) is 164 cm³/mol. The lowest BCUT2D eigenvalue weighted by Gasteiger charge is -2.17. The molecule has 0 N–H and O–H groups in total. The van der Waals surface area contributed by atoms with Crippen LogP contribution < -0.4 is 9.47 Å². The number of fused-ring (bicyclic) bond motifs is 1. The van der Waals surface area contributed by atoms with E-state index in [1.54, 1.807) is 0 Å². The topological polar surface area (TPSA) is 44.2 Å². The Bertz CT molecular complexity index is 976. The number of ether oxygens (including phenoxy) is 2. The molecule has 0 unspecified atom stereocenters. The zero-order valence-corrected chi connectivity index (χ0v) is 26.7. The zero-order valence-electron chi connectivity index (χ0n) is 26.7. The van der Waals surface area contributed by atoms with Crippen molar-refractivity contribution in [1.82, 2.24) is 9.97 Å². The first-order chi connectivity index (χ1) is 21.1. The van der Waals surface area contributed by atoms with Crippen molar-refractivity contribution in [2.24, 2.45) is 0 Å². The molecule has 2 rings (SSSR count). The largest absolute Gasteiger partial charge is 0.490 e. The lowest BCUT2D eigenvalue weighted by atomic mass is 10.1. The van der Waals surface area contributed by atoms with Crippen LogP contribution in [0.5, 0.6) is 11.5 Å². The van der Waals surface area contributed by atoms with Crippen molar-refractivity contribution in [3.05, 3.63) is 23.5 Å². The Kier molecular flexibility index (Phi) is 17.8. The molecule has 1 aromatic heterocycles. The standard InChI is InChI=1S/C34H52F6N2O2/c1-3-5-7-9-11-13-15-17-19-21-23-43-29-25-27-28(42-32(34(38,39)40)31(41-27)33(35,36)37)26-30(29)44-24-22-20-18-16-14-12-10-8-6-4-2/h25-26H,3-24H2,1-2H3. The summed E-state index contributed by atoms with van der Waals surface area (Å²) in [5.41, 5.74) is -4.77. The molecule has 0 amide bonds. The Morgan fingerprint density at radius 3 is 1.00 bits per heavy atom. The van der Waals surface area contributed by atoms with E-state index in [-0.39, 0.29) is 22.5 Å². The Labute approximate surface area is 259 Å². The smallest absolute Gasteiger partial charge is 0.435 e. The van der Waals surface area contributed by atoms with Crippen LogP contribution in [-0.2, 0) is 12.4 Å². The van der Waals surface area contributed by atoms with E-state index in [2.05, 4.69) is 23.8 Å².